The molecule has 2 aromatic rings. The van der Waals surface area contributed by atoms with Crippen molar-refractivity contribution in [2.45, 2.75) is 32.7 Å². The highest BCUT2D eigenvalue weighted by atomic mass is 79.9. The summed E-state index contributed by atoms with van der Waals surface area (Å²) < 4.78 is 1.01. The van der Waals surface area contributed by atoms with Gasteiger partial charge in [0, 0.05) is 16.4 Å². The Labute approximate surface area is 157 Å². The van der Waals surface area contributed by atoms with E-state index in [-0.39, 0.29) is 11.9 Å². The van der Waals surface area contributed by atoms with Crippen LogP contribution in [0.2, 0.25) is 0 Å². The Bertz CT molecular complexity index is 857. The van der Waals surface area contributed by atoms with Crippen LogP contribution in [-0.2, 0) is 11.2 Å². The zero-order valence-electron chi connectivity index (χ0n) is 14.5. The first-order valence-corrected chi connectivity index (χ1v) is 9.30. The number of fused-ring (bicyclic) bond motifs is 1. The third-order valence-corrected chi connectivity index (χ3v) is 5.02. The SMILES string of the molecule is C=CC(=O)N(c1ccc2c(c1)C=NC2CC)c1ccc(Br)cc1CC. The van der Waals surface area contributed by atoms with Crippen LogP contribution in [0.5, 0.6) is 0 Å². The number of benzene rings is 2. The van der Waals surface area contributed by atoms with Crippen molar-refractivity contribution in [2.24, 2.45) is 4.99 Å². The summed E-state index contributed by atoms with van der Waals surface area (Å²) in [5.74, 6) is -0.140. The molecule has 0 saturated heterocycles. The van der Waals surface area contributed by atoms with Crippen molar-refractivity contribution in [1.82, 2.24) is 0 Å². The average molecular weight is 397 g/mol. The van der Waals surface area contributed by atoms with Crippen LogP contribution in [0.1, 0.15) is 43.0 Å². The number of aliphatic imine (C=N–C) groups is 1. The van der Waals surface area contributed by atoms with Gasteiger partial charge in [0.2, 0.25) is 0 Å². The summed E-state index contributed by atoms with van der Waals surface area (Å²) in [4.78, 5) is 18.9. The van der Waals surface area contributed by atoms with Crippen LogP contribution in [0.3, 0.4) is 0 Å². The summed E-state index contributed by atoms with van der Waals surface area (Å²) in [7, 11) is 0. The molecule has 1 amide bonds. The zero-order chi connectivity index (χ0) is 18.0. The first-order chi connectivity index (χ1) is 12.1. The molecule has 25 heavy (non-hydrogen) atoms. The largest absolute Gasteiger partial charge is 0.284 e. The first-order valence-electron chi connectivity index (χ1n) is 8.51. The maximum Gasteiger partial charge on any atom is 0.254 e. The fraction of sp³-hybridized carbons (Fsp3) is 0.238. The summed E-state index contributed by atoms with van der Waals surface area (Å²) in [6.45, 7) is 7.90. The number of aryl methyl sites for hydroxylation is 1. The van der Waals surface area contributed by atoms with Crippen LogP contribution in [0, 0.1) is 0 Å². The zero-order valence-corrected chi connectivity index (χ0v) is 16.1. The van der Waals surface area contributed by atoms with E-state index in [1.54, 1.807) is 4.90 Å². The molecule has 1 unspecified atom stereocenters. The van der Waals surface area contributed by atoms with E-state index in [1.807, 2.05) is 30.5 Å². The predicted octanol–water partition coefficient (Wildman–Crippen LogP) is 5.75. The molecule has 1 aliphatic rings. The van der Waals surface area contributed by atoms with E-state index in [1.165, 1.54) is 11.6 Å². The van der Waals surface area contributed by atoms with Crippen molar-refractivity contribution >= 4 is 39.4 Å². The van der Waals surface area contributed by atoms with Gasteiger partial charge in [-0.15, -0.1) is 0 Å². The summed E-state index contributed by atoms with van der Waals surface area (Å²) in [5, 5.41) is 0. The lowest BCUT2D eigenvalue weighted by molar-refractivity contribution is -0.113. The summed E-state index contributed by atoms with van der Waals surface area (Å²) in [6.07, 6.45) is 5.08. The monoisotopic (exact) mass is 396 g/mol. The van der Waals surface area contributed by atoms with Crippen molar-refractivity contribution in [3.63, 3.8) is 0 Å². The normalized spacial score (nSPS) is 15.1. The Morgan fingerprint density at radius 2 is 2.08 bits per heavy atom. The molecule has 1 heterocycles. The maximum absolute atomic E-state index is 12.6. The number of halogens is 1. The van der Waals surface area contributed by atoms with Crippen molar-refractivity contribution in [3.8, 4) is 0 Å². The second-order valence-electron chi connectivity index (χ2n) is 6.02. The first kappa shape index (κ1) is 17.6. The second kappa shape index (κ2) is 7.36. The molecule has 0 aromatic heterocycles. The number of hydrogen-bond donors (Lipinski definition) is 0. The van der Waals surface area contributed by atoms with Crippen LogP contribution in [0.4, 0.5) is 11.4 Å². The molecule has 128 valence electrons. The van der Waals surface area contributed by atoms with Gasteiger partial charge in [-0.2, -0.15) is 0 Å². The van der Waals surface area contributed by atoms with Crippen LogP contribution in [-0.4, -0.2) is 12.1 Å². The molecule has 0 saturated carbocycles. The molecule has 1 aliphatic heterocycles. The molecule has 0 N–H and O–H groups in total. The van der Waals surface area contributed by atoms with E-state index < -0.39 is 0 Å². The predicted molar refractivity (Wildman–Crippen MR) is 108 cm³/mol. The molecule has 0 spiro atoms. The lowest BCUT2D eigenvalue weighted by Crippen LogP contribution is -2.25. The van der Waals surface area contributed by atoms with Crippen LogP contribution < -0.4 is 4.90 Å². The van der Waals surface area contributed by atoms with Crippen LogP contribution in [0.25, 0.3) is 0 Å². The minimum atomic E-state index is -0.140. The summed E-state index contributed by atoms with van der Waals surface area (Å²) in [6, 6.07) is 12.3. The van der Waals surface area contributed by atoms with Crippen molar-refractivity contribution in [1.29, 1.82) is 0 Å². The Morgan fingerprint density at radius 3 is 2.76 bits per heavy atom. The standard InChI is InChI=1S/C21H21BrN2O/c1-4-14-11-16(22)7-10-20(14)24(21(25)6-3)17-8-9-18-15(12-17)13-23-19(18)5-2/h6-13,19H,3-5H2,1-2H3. The van der Waals surface area contributed by atoms with Gasteiger partial charge in [0.1, 0.15) is 0 Å². The average Bonchev–Trinajstić information content (AvgIpc) is 3.05. The van der Waals surface area contributed by atoms with E-state index >= 15 is 0 Å². The van der Waals surface area contributed by atoms with Gasteiger partial charge < -0.3 is 0 Å². The second-order valence-corrected chi connectivity index (χ2v) is 6.94. The quantitative estimate of drug-likeness (QED) is 0.592. The number of nitrogens with zero attached hydrogens (tertiary/aromatic N) is 2. The van der Waals surface area contributed by atoms with E-state index in [0.29, 0.717) is 0 Å². The van der Waals surface area contributed by atoms with Crippen molar-refractivity contribution in [3.05, 3.63) is 70.2 Å². The van der Waals surface area contributed by atoms with Gasteiger partial charge >= 0.3 is 0 Å². The fourth-order valence-corrected chi connectivity index (χ4v) is 3.63. The molecule has 0 aliphatic carbocycles. The number of anilines is 2. The highest BCUT2D eigenvalue weighted by Gasteiger charge is 2.22. The molecule has 3 rings (SSSR count). The smallest absolute Gasteiger partial charge is 0.254 e. The van der Waals surface area contributed by atoms with E-state index in [9.17, 15) is 4.79 Å². The summed E-state index contributed by atoms with van der Waals surface area (Å²) in [5.41, 5.74) is 5.14. The molecule has 4 heteroatoms. The van der Waals surface area contributed by atoms with Gasteiger partial charge in [0.05, 0.1) is 11.7 Å². The molecule has 2 aromatic carbocycles. The molecule has 0 radical (unpaired) electrons. The molecule has 0 fully saturated rings. The number of carbonyl (C=O) groups is 1. The number of carbonyl (C=O) groups excluding carboxylic acids is 1. The highest BCUT2D eigenvalue weighted by molar-refractivity contribution is 9.10. The topological polar surface area (TPSA) is 32.7 Å². The lowest BCUT2D eigenvalue weighted by Gasteiger charge is -2.25. The molecular formula is C21H21BrN2O. The van der Waals surface area contributed by atoms with Gasteiger partial charge in [0.15, 0.2) is 0 Å². The number of rotatable bonds is 5. The van der Waals surface area contributed by atoms with Gasteiger partial charge in [-0.05, 0) is 65.9 Å². The lowest BCUT2D eigenvalue weighted by atomic mass is 10.0. The molecular weight excluding hydrogens is 376 g/mol. The minimum Gasteiger partial charge on any atom is -0.284 e. The van der Waals surface area contributed by atoms with E-state index in [2.05, 4.69) is 53.5 Å². The van der Waals surface area contributed by atoms with Gasteiger partial charge in [0.25, 0.3) is 5.91 Å². The van der Waals surface area contributed by atoms with Gasteiger partial charge in [-0.25, -0.2) is 0 Å². The Morgan fingerprint density at radius 1 is 1.28 bits per heavy atom. The van der Waals surface area contributed by atoms with Crippen LogP contribution >= 0.6 is 15.9 Å². The van der Waals surface area contributed by atoms with Gasteiger partial charge in [-0.3, -0.25) is 14.7 Å². The maximum atomic E-state index is 12.6. The number of amides is 1. The molecule has 3 nitrogen and oxygen atoms in total. The fourth-order valence-electron chi connectivity index (χ4n) is 3.22. The Hall–Kier alpha value is -2.20. The van der Waals surface area contributed by atoms with Crippen molar-refractivity contribution in [2.75, 3.05) is 4.90 Å². The Balaban J connectivity index is 2.11. The molecule has 1 atom stereocenters. The summed E-state index contributed by atoms with van der Waals surface area (Å²) >= 11 is 3.51. The third-order valence-electron chi connectivity index (χ3n) is 4.53. The van der Waals surface area contributed by atoms with Crippen LogP contribution in [0.15, 0.2) is 58.5 Å². The van der Waals surface area contributed by atoms with Crippen molar-refractivity contribution < 1.29 is 4.79 Å². The highest BCUT2D eigenvalue weighted by Crippen LogP contribution is 2.36. The molecule has 0 bridgehead atoms. The van der Waals surface area contributed by atoms with E-state index in [4.69, 9.17) is 0 Å². The third kappa shape index (κ3) is 3.31. The number of hydrogen-bond acceptors (Lipinski definition) is 2. The van der Waals surface area contributed by atoms with Gasteiger partial charge in [-0.1, -0.05) is 42.4 Å². The van der Waals surface area contributed by atoms with E-state index in [0.717, 1.165) is 39.8 Å². The minimum absolute atomic E-state index is 0.140. The Kier molecular flexibility index (Phi) is 5.19.